The molecule has 4 rings (SSSR count). The second-order valence-electron chi connectivity index (χ2n) is 5.40. The lowest BCUT2D eigenvalue weighted by atomic mass is 9.83. The molecule has 6 heteroatoms. The summed E-state index contributed by atoms with van der Waals surface area (Å²) in [4.78, 5) is 16.3. The summed E-state index contributed by atoms with van der Waals surface area (Å²) in [7, 11) is 0. The summed E-state index contributed by atoms with van der Waals surface area (Å²) in [6, 6.07) is 1.88. The van der Waals surface area contributed by atoms with Crippen LogP contribution in [0.1, 0.15) is 30.9 Å². The van der Waals surface area contributed by atoms with Gasteiger partial charge in [-0.2, -0.15) is 4.98 Å². The normalized spacial score (nSPS) is 15.7. The number of fused-ring (bicyclic) bond motifs is 1. The molecule has 0 unspecified atom stereocenters. The van der Waals surface area contributed by atoms with Gasteiger partial charge in [0.1, 0.15) is 5.82 Å². The van der Waals surface area contributed by atoms with Crippen molar-refractivity contribution in [1.82, 2.24) is 25.1 Å². The standard InChI is InChI=1S/C14H15N5O/c1-8-16-12-10(5-6-15-13(12)17-8)14-18-11(19-20-14)7-9-3-2-4-9/h5-6,9H,2-4,7H2,1H3,(H,15,16,17). The van der Waals surface area contributed by atoms with Crippen LogP contribution in [0.2, 0.25) is 0 Å². The van der Waals surface area contributed by atoms with Gasteiger partial charge < -0.3 is 9.51 Å². The maximum absolute atomic E-state index is 5.40. The second kappa shape index (κ2) is 4.40. The Labute approximate surface area is 115 Å². The Morgan fingerprint density at radius 1 is 1.35 bits per heavy atom. The molecule has 20 heavy (non-hydrogen) atoms. The van der Waals surface area contributed by atoms with Gasteiger partial charge in [-0.25, -0.2) is 9.97 Å². The van der Waals surface area contributed by atoms with Crippen LogP contribution >= 0.6 is 0 Å². The molecule has 3 aromatic rings. The molecule has 0 aromatic carbocycles. The SMILES string of the molecule is Cc1nc2nccc(-c3nc(CC4CCC4)no3)c2[nH]1. The molecule has 0 spiro atoms. The van der Waals surface area contributed by atoms with Crippen LogP contribution in [0.3, 0.4) is 0 Å². The summed E-state index contributed by atoms with van der Waals surface area (Å²) in [6.45, 7) is 1.90. The maximum atomic E-state index is 5.40. The molecular formula is C14H15N5O. The number of hydrogen-bond acceptors (Lipinski definition) is 5. The molecule has 0 atom stereocenters. The first-order valence-electron chi connectivity index (χ1n) is 6.94. The average Bonchev–Trinajstić information content (AvgIpc) is 2.98. The smallest absolute Gasteiger partial charge is 0.260 e. The lowest BCUT2D eigenvalue weighted by Gasteiger charge is -2.23. The summed E-state index contributed by atoms with van der Waals surface area (Å²) in [5.41, 5.74) is 2.39. The Bertz CT molecular complexity index is 756. The van der Waals surface area contributed by atoms with E-state index >= 15 is 0 Å². The van der Waals surface area contributed by atoms with Crippen LogP contribution in [-0.4, -0.2) is 25.1 Å². The molecule has 0 radical (unpaired) electrons. The molecule has 6 nitrogen and oxygen atoms in total. The van der Waals surface area contributed by atoms with Crippen LogP contribution in [0, 0.1) is 12.8 Å². The number of imidazole rings is 1. The van der Waals surface area contributed by atoms with Crippen molar-refractivity contribution in [3.05, 3.63) is 23.9 Å². The minimum Gasteiger partial charge on any atom is -0.340 e. The number of aromatic amines is 1. The van der Waals surface area contributed by atoms with Crippen LogP contribution in [0.25, 0.3) is 22.6 Å². The number of H-pyrrole nitrogens is 1. The van der Waals surface area contributed by atoms with E-state index in [-0.39, 0.29) is 0 Å². The van der Waals surface area contributed by atoms with Gasteiger partial charge in [0.05, 0.1) is 11.1 Å². The van der Waals surface area contributed by atoms with Gasteiger partial charge in [-0.15, -0.1) is 0 Å². The van der Waals surface area contributed by atoms with Crippen molar-refractivity contribution in [3.8, 4) is 11.5 Å². The van der Waals surface area contributed by atoms with Crippen LogP contribution < -0.4 is 0 Å². The van der Waals surface area contributed by atoms with Gasteiger partial charge in [-0.1, -0.05) is 24.4 Å². The van der Waals surface area contributed by atoms with Gasteiger partial charge in [0.25, 0.3) is 5.89 Å². The van der Waals surface area contributed by atoms with E-state index in [2.05, 4.69) is 25.1 Å². The number of aryl methyl sites for hydroxylation is 1. The van der Waals surface area contributed by atoms with E-state index < -0.39 is 0 Å². The van der Waals surface area contributed by atoms with Crippen molar-refractivity contribution in [2.24, 2.45) is 5.92 Å². The summed E-state index contributed by atoms with van der Waals surface area (Å²) in [5.74, 6) is 2.89. The highest BCUT2D eigenvalue weighted by molar-refractivity contribution is 5.86. The van der Waals surface area contributed by atoms with Gasteiger partial charge in [0.15, 0.2) is 11.5 Å². The molecular weight excluding hydrogens is 254 g/mol. The predicted octanol–water partition coefficient (Wildman–Crippen LogP) is 2.66. The number of nitrogens with zero attached hydrogens (tertiary/aromatic N) is 4. The van der Waals surface area contributed by atoms with Crippen molar-refractivity contribution in [1.29, 1.82) is 0 Å². The predicted molar refractivity (Wildman–Crippen MR) is 73.0 cm³/mol. The fourth-order valence-electron chi connectivity index (χ4n) is 2.61. The first-order chi connectivity index (χ1) is 9.79. The molecule has 1 N–H and O–H groups in total. The molecule has 102 valence electrons. The molecule has 1 aliphatic rings. The Morgan fingerprint density at radius 3 is 3.05 bits per heavy atom. The van der Waals surface area contributed by atoms with Gasteiger partial charge in [-0.3, -0.25) is 0 Å². The molecule has 3 aromatic heterocycles. The zero-order valence-electron chi connectivity index (χ0n) is 11.3. The number of hydrogen-bond donors (Lipinski definition) is 1. The Morgan fingerprint density at radius 2 is 2.25 bits per heavy atom. The van der Waals surface area contributed by atoms with E-state index in [9.17, 15) is 0 Å². The number of rotatable bonds is 3. The Hall–Kier alpha value is -2.24. The van der Waals surface area contributed by atoms with E-state index in [1.165, 1.54) is 19.3 Å². The van der Waals surface area contributed by atoms with E-state index in [4.69, 9.17) is 4.52 Å². The van der Waals surface area contributed by atoms with Gasteiger partial charge in [-0.05, 0) is 18.9 Å². The van der Waals surface area contributed by atoms with Crippen LogP contribution in [0.15, 0.2) is 16.8 Å². The number of pyridine rings is 1. The van der Waals surface area contributed by atoms with Gasteiger partial charge >= 0.3 is 0 Å². The minimum absolute atomic E-state index is 0.537. The molecule has 0 aliphatic heterocycles. The van der Waals surface area contributed by atoms with Crippen molar-refractivity contribution >= 4 is 11.2 Å². The molecule has 0 bridgehead atoms. The third-order valence-corrected chi connectivity index (χ3v) is 3.90. The summed E-state index contributed by atoms with van der Waals surface area (Å²) < 4.78 is 5.40. The van der Waals surface area contributed by atoms with Gasteiger partial charge in [0.2, 0.25) is 0 Å². The highest BCUT2D eigenvalue weighted by Crippen LogP contribution is 2.30. The van der Waals surface area contributed by atoms with Gasteiger partial charge in [0, 0.05) is 12.6 Å². The average molecular weight is 269 g/mol. The Balaban J connectivity index is 1.71. The van der Waals surface area contributed by atoms with E-state index in [0.29, 0.717) is 11.5 Å². The lowest BCUT2D eigenvalue weighted by molar-refractivity contribution is 0.304. The zero-order valence-corrected chi connectivity index (χ0v) is 11.3. The minimum atomic E-state index is 0.537. The van der Waals surface area contributed by atoms with Crippen LogP contribution in [-0.2, 0) is 6.42 Å². The quantitative estimate of drug-likeness (QED) is 0.790. The number of nitrogens with one attached hydrogen (secondary N) is 1. The Kier molecular flexibility index (Phi) is 2.55. The first-order valence-corrected chi connectivity index (χ1v) is 6.94. The molecule has 1 fully saturated rings. The lowest BCUT2D eigenvalue weighted by Crippen LogP contribution is -2.14. The summed E-state index contributed by atoms with van der Waals surface area (Å²) >= 11 is 0. The highest BCUT2D eigenvalue weighted by Gasteiger charge is 2.21. The fourth-order valence-corrected chi connectivity index (χ4v) is 2.61. The monoisotopic (exact) mass is 269 g/mol. The summed E-state index contributed by atoms with van der Waals surface area (Å²) in [5, 5.41) is 4.09. The molecule has 3 heterocycles. The van der Waals surface area contributed by atoms with Crippen molar-refractivity contribution in [2.75, 3.05) is 0 Å². The molecule has 1 aliphatic carbocycles. The van der Waals surface area contributed by atoms with E-state index in [0.717, 1.165) is 35.1 Å². The highest BCUT2D eigenvalue weighted by atomic mass is 16.5. The van der Waals surface area contributed by atoms with Crippen LogP contribution in [0.4, 0.5) is 0 Å². The van der Waals surface area contributed by atoms with Crippen molar-refractivity contribution < 1.29 is 4.52 Å². The second-order valence-corrected chi connectivity index (χ2v) is 5.40. The molecule has 0 amide bonds. The zero-order chi connectivity index (χ0) is 13.5. The fraction of sp³-hybridized carbons (Fsp3) is 0.429. The molecule has 0 saturated heterocycles. The van der Waals surface area contributed by atoms with Crippen LogP contribution in [0.5, 0.6) is 0 Å². The summed E-state index contributed by atoms with van der Waals surface area (Å²) in [6.07, 6.45) is 6.52. The maximum Gasteiger partial charge on any atom is 0.260 e. The third kappa shape index (κ3) is 1.88. The van der Waals surface area contributed by atoms with Crippen molar-refractivity contribution in [2.45, 2.75) is 32.6 Å². The number of aromatic nitrogens is 5. The first kappa shape index (κ1) is 11.6. The third-order valence-electron chi connectivity index (χ3n) is 3.90. The van der Waals surface area contributed by atoms with E-state index in [1.807, 2.05) is 13.0 Å². The largest absolute Gasteiger partial charge is 0.340 e. The van der Waals surface area contributed by atoms with Crippen molar-refractivity contribution in [3.63, 3.8) is 0 Å². The topological polar surface area (TPSA) is 80.5 Å². The van der Waals surface area contributed by atoms with E-state index in [1.54, 1.807) is 6.20 Å². The molecule has 1 saturated carbocycles.